The topological polar surface area (TPSA) is 41.3 Å². The van der Waals surface area contributed by atoms with Crippen LogP contribution in [0, 0.1) is 0 Å². The lowest BCUT2D eigenvalue weighted by Gasteiger charge is -2.35. The van der Waals surface area contributed by atoms with E-state index in [1.54, 1.807) is 6.20 Å². The van der Waals surface area contributed by atoms with Gasteiger partial charge in [-0.05, 0) is 26.0 Å². The Balaban J connectivity index is 0.00000132. The van der Waals surface area contributed by atoms with E-state index >= 15 is 0 Å². The normalized spacial score (nSPS) is 21.3. The van der Waals surface area contributed by atoms with Gasteiger partial charge in [0.2, 0.25) is 5.89 Å². The number of oxazole rings is 1. The van der Waals surface area contributed by atoms with Crippen molar-refractivity contribution in [1.82, 2.24) is 15.2 Å². The largest absolute Gasteiger partial charge is 0.439 e. The van der Waals surface area contributed by atoms with Crippen molar-refractivity contribution in [2.75, 3.05) is 13.1 Å². The van der Waals surface area contributed by atoms with Gasteiger partial charge in [0.05, 0.1) is 12.7 Å². The minimum atomic E-state index is 0. The monoisotopic (exact) mass is 377 g/mol. The van der Waals surface area contributed by atoms with Crippen molar-refractivity contribution in [2.24, 2.45) is 0 Å². The lowest BCUT2D eigenvalue weighted by molar-refractivity contribution is 0.154. The van der Waals surface area contributed by atoms with Gasteiger partial charge in [-0.1, -0.05) is 23.7 Å². The van der Waals surface area contributed by atoms with E-state index in [9.17, 15) is 0 Å². The highest BCUT2D eigenvalue weighted by molar-refractivity contribution is 6.30. The highest BCUT2D eigenvalue weighted by atomic mass is 35.5. The standard InChI is InChI=1S/C16H20ClN3O.2ClH/c1-11-8-20(9-12(2)19-11)10-16-18-7-15(21-16)13-4-3-5-14(17)6-13;;/h3-7,11-12,19H,8-10H2,1-2H3;2*1H. The van der Waals surface area contributed by atoms with Crippen LogP contribution in [0.3, 0.4) is 0 Å². The first-order valence-electron chi connectivity index (χ1n) is 7.29. The van der Waals surface area contributed by atoms with E-state index in [1.165, 1.54) is 0 Å². The lowest BCUT2D eigenvalue weighted by Crippen LogP contribution is -2.53. The SMILES string of the molecule is CC1CN(Cc2ncc(-c3cccc(Cl)c3)o2)CC(C)N1.Cl.Cl. The number of aromatic nitrogens is 1. The summed E-state index contributed by atoms with van der Waals surface area (Å²) in [5, 5.41) is 4.23. The summed E-state index contributed by atoms with van der Waals surface area (Å²) in [6.07, 6.45) is 1.77. The molecule has 7 heteroatoms. The van der Waals surface area contributed by atoms with Crippen molar-refractivity contribution < 1.29 is 4.42 Å². The molecule has 1 saturated heterocycles. The highest BCUT2D eigenvalue weighted by Gasteiger charge is 2.22. The number of piperazine rings is 1. The number of nitrogens with zero attached hydrogens (tertiary/aromatic N) is 2. The van der Waals surface area contributed by atoms with Gasteiger partial charge >= 0.3 is 0 Å². The predicted molar refractivity (Wildman–Crippen MR) is 98.8 cm³/mol. The number of rotatable bonds is 3. The maximum atomic E-state index is 6.01. The quantitative estimate of drug-likeness (QED) is 0.876. The first kappa shape index (κ1) is 20.3. The number of halogens is 3. The first-order valence-corrected chi connectivity index (χ1v) is 7.67. The third-order valence-corrected chi connectivity index (χ3v) is 3.89. The summed E-state index contributed by atoms with van der Waals surface area (Å²) in [5.41, 5.74) is 0.961. The Morgan fingerprint density at radius 2 is 1.96 bits per heavy atom. The predicted octanol–water partition coefficient (Wildman–Crippen LogP) is 4.02. The molecular weight excluding hydrogens is 357 g/mol. The maximum Gasteiger partial charge on any atom is 0.209 e. The molecule has 23 heavy (non-hydrogen) atoms. The van der Waals surface area contributed by atoms with Crippen LogP contribution in [0.2, 0.25) is 5.02 Å². The van der Waals surface area contributed by atoms with E-state index in [0.717, 1.165) is 36.8 Å². The summed E-state index contributed by atoms with van der Waals surface area (Å²) in [7, 11) is 0. The van der Waals surface area contributed by atoms with E-state index in [2.05, 4.69) is 29.0 Å². The van der Waals surface area contributed by atoms with Gasteiger partial charge in [0, 0.05) is 35.8 Å². The fourth-order valence-corrected chi connectivity index (χ4v) is 3.11. The van der Waals surface area contributed by atoms with Gasteiger partial charge in [-0.15, -0.1) is 24.8 Å². The van der Waals surface area contributed by atoms with E-state index in [-0.39, 0.29) is 24.8 Å². The Morgan fingerprint density at radius 1 is 1.26 bits per heavy atom. The Morgan fingerprint density at radius 3 is 2.61 bits per heavy atom. The molecule has 2 unspecified atom stereocenters. The van der Waals surface area contributed by atoms with Gasteiger partial charge in [-0.2, -0.15) is 0 Å². The van der Waals surface area contributed by atoms with E-state index in [1.807, 2.05) is 24.3 Å². The second kappa shape index (κ2) is 8.90. The van der Waals surface area contributed by atoms with Crippen LogP contribution in [0.25, 0.3) is 11.3 Å². The molecule has 3 rings (SSSR count). The molecule has 0 saturated carbocycles. The van der Waals surface area contributed by atoms with E-state index in [4.69, 9.17) is 16.0 Å². The van der Waals surface area contributed by atoms with Gasteiger partial charge in [0.15, 0.2) is 5.76 Å². The molecule has 0 spiro atoms. The van der Waals surface area contributed by atoms with Gasteiger partial charge in [0.25, 0.3) is 0 Å². The molecule has 1 N–H and O–H groups in total. The molecular formula is C16H22Cl3N3O. The minimum Gasteiger partial charge on any atom is -0.439 e. The van der Waals surface area contributed by atoms with Gasteiger partial charge in [-0.3, -0.25) is 4.90 Å². The molecule has 1 aliphatic heterocycles. The summed E-state index contributed by atoms with van der Waals surface area (Å²) < 4.78 is 5.87. The van der Waals surface area contributed by atoms with Crippen LogP contribution in [-0.4, -0.2) is 35.1 Å². The van der Waals surface area contributed by atoms with Crippen molar-refractivity contribution in [2.45, 2.75) is 32.5 Å². The van der Waals surface area contributed by atoms with Crippen LogP contribution in [0.1, 0.15) is 19.7 Å². The summed E-state index contributed by atoms with van der Waals surface area (Å²) in [6.45, 7) is 7.18. The number of hydrogen-bond donors (Lipinski definition) is 1. The molecule has 2 atom stereocenters. The molecule has 0 amide bonds. The van der Waals surface area contributed by atoms with Gasteiger partial charge in [0.1, 0.15) is 0 Å². The molecule has 0 bridgehead atoms. The number of benzene rings is 1. The molecule has 2 heterocycles. The number of hydrogen-bond acceptors (Lipinski definition) is 4. The van der Waals surface area contributed by atoms with Crippen LogP contribution < -0.4 is 5.32 Å². The van der Waals surface area contributed by atoms with Crippen LogP contribution in [-0.2, 0) is 6.54 Å². The first-order chi connectivity index (χ1) is 10.1. The van der Waals surface area contributed by atoms with Crippen molar-refractivity contribution in [3.63, 3.8) is 0 Å². The fraction of sp³-hybridized carbons (Fsp3) is 0.438. The third kappa shape index (κ3) is 5.37. The second-order valence-electron chi connectivity index (χ2n) is 5.79. The summed E-state index contributed by atoms with van der Waals surface area (Å²) in [5.74, 6) is 1.52. The van der Waals surface area contributed by atoms with Crippen LogP contribution in [0.4, 0.5) is 0 Å². The van der Waals surface area contributed by atoms with E-state index in [0.29, 0.717) is 17.1 Å². The molecule has 1 aromatic carbocycles. The molecule has 1 aromatic heterocycles. The molecule has 0 radical (unpaired) electrons. The Hall–Kier alpha value is -0.780. The zero-order chi connectivity index (χ0) is 14.8. The average Bonchev–Trinajstić information content (AvgIpc) is 2.86. The van der Waals surface area contributed by atoms with Crippen molar-refractivity contribution in [1.29, 1.82) is 0 Å². The summed E-state index contributed by atoms with van der Waals surface area (Å²) in [4.78, 5) is 6.77. The Kier molecular flexibility index (Phi) is 7.84. The minimum absolute atomic E-state index is 0. The smallest absolute Gasteiger partial charge is 0.209 e. The molecule has 1 fully saturated rings. The van der Waals surface area contributed by atoms with Crippen LogP contribution in [0.5, 0.6) is 0 Å². The van der Waals surface area contributed by atoms with Crippen molar-refractivity contribution in [3.05, 3.63) is 41.4 Å². The van der Waals surface area contributed by atoms with Gasteiger partial charge < -0.3 is 9.73 Å². The van der Waals surface area contributed by atoms with E-state index < -0.39 is 0 Å². The molecule has 128 valence electrons. The Labute approximate surface area is 154 Å². The Bertz CT molecular complexity index is 610. The summed E-state index contributed by atoms with van der Waals surface area (Å²) >= 11 is 6.01. The highest BCUT2D eigenvalue weighted by Crippen LogP contribution is 2.24. The second-order valence-corrected chi connectivity index (χ2v) is 6.23. The molecule has 0 aliphatic carbocycles. The van der Waals surface area contributed by atoms with Crippen molar-refractivity contribution in [3.8, 4) is 11.3 Å². The van der Waals surface area contributed by atoms with Crippen LogP contribution in [0.15, 0.2) is 34.9 Å². The zero-order valence-corrected chi connectivity index (χ0v) is 15.5. The lowest BCUT2D eigenvalue weighted by atomic mass is 10.1. The maximum absolute atomic E-state index is 6.01. The molecule has 2 aromatic rings. The third-order valence-electron chi connectivity index (χ3n) is 3.65. The summed E-state index contributed by atoms with van der Waals surface area (Å²) in [6, 6.07) is 8.63. The number of nitrogens with one attached hydrogen (secondary N) is 1. The molecule has 1 aliphatic rings. The van der Waals surface area contributed by atoms with Crippen LogP contribution >= 0.6 is 36.4 Å². The zero-order valence-electron chi connectivity index (χ0n) is 13.2. The van der Waals surface area contributed by atoms with Crippen molar-refractivity contribution >= 4 is 36.4 Å². The molecule has 4 nitrogen and oxygen atoms in total. The fourth-order valence-electron chi connectivity index (χ4n) is 2.92. The van der Waals surface area contributed by atoms with Gasteiger partial charge in [-0.25, -0.2) is 4.98 Å². The average molecular weight is 379 g/mol.